The van der Waals surface area contributed by atoms with E-state index >= 15 is 0 Å². The van der Waals surface area contributed by atoms with Crippen molar-refractivity contribution in [1.82, 2.24) is 8.61 Å². The molecular formula is C13H17FN2O3S. The maximum Gasteiger partial charge on any atom is 0.418 e. The van der Waals surface area contributed by atoms with E-state index in [4.69, 9.17) is 5.11 Å². The largest absolute Gasteiger partial charge is 0.464 e. The summed E-state index contributed by atoms with van der Waals surface area (Å²) in [4.78, 5) is 21.7. The number of amides is 2. The lowest BCUT2D eigenvalue weighted by atomic mass is 10.0. The molecular weight excluding hydrogens is 283 g/mol. The lowest BCUT2D eigenvalue weighted by Crippen LogP contribution is -2.27. The molecule has 110 valence electrons. The van der Waals surface area contributed by atoms with Gasteiger partial charge < -0.3 is 5.11 Å². The van der Waals surface area contributed by atoms with Crippen molar-refractivity contribution in [3.05, 3.63) is 34.4 Å². The number of rotatable bonds is 4. The molecule has 0 aromatic heterocycles. The highest BCUT2D eigenvalue weighted by atomic mass is 32.2. The minimum atomic E-state index is -1.68. The van der Waals surface area contributed by atoms with Crippen LogP contribution in [-0.4, -0.2) is 33.0 Å². The standard InChI is InChI=1S/C13H17FN2O3S/c1-8-5-11(6-9(2)10(8)3)7-16(12(14)17)20-15(4)13(18)19/h5-6H,7H2,1-4H3,(H,18,19). The molecule has 0 radical (unpaired) electrons. The highest BCUT2D eigenvalue weighted by Gasteiger charge is 2.20. The van der Waals surface area contributed by atoms with Crippen LogP contribution in [0.1, 0.15) is 22.3 Å². The van der Waals surface area contributed by atoms with E-state index in [9.17, 15) is 14.0 Å². The Balaban J connectivity index is 2.91. The molecule has 0 heterocycles. The number of halogens is 1. The highest BCUT2D eigenvalue weighted by molar-refractivity contribution is 7.95. The molecule has 1 aromatic rings. The van der Waals surface area contributed by atoms with Gasteiger partial charge in [0, 0.05) is 7.05 Å². The van der Waals surface area contributed by atoms with Gasteiger partial charge >= 0.3 is 12.3 Å². The molecule has 20 heavy (non-hydrogen) atoms. The molecule has 0 bridgehead atoms. The average Bonchev–Trinajstić information content (AvgIpc) is 2.34. The van der Waals surface area contributed by atoms with Gasteiger partial charge in [-0.1, -0.05) is 12.1 Å². The summed E-state index contributed by atoms with van der Waals surface area (Å²) < 4.78 is 14.5. The molecule has 0 aliphatic rings. The van der Waals surface area contributed by atoms with Crippen LogP contribution >= 0.6 is 12.1 Å². The molecule has 1 rings (SSSR count). The Hall–Kier alpha value is -1.76. The third-order valence-electron chi connectivity index (χ3n) is 3.00. The molecule has 0 aliphatic heterocycles. The van der Waals surface area contributed by atoms with Gasteiger partial charge in [-0.15, -0.1) is 4.39 Å². The van der Waals surface area contributed by atoms with Gasteiger partial charge in [-0.25, -0.2) is 18.2 Å². The fraction of sp³-hybridized carbons (Fsp3) is 0.385. The van der Waals surface area contributed by atoms with E-state index in [2.05, 4.69) is 0 Å². The maximum absolute atomic E-state index is 13.0. The number of carboxylic acid groups (broad SMARTS) is 1. The topological polar surface area (TPSA) is 60.9 Å². The quantitative estimate of drug-likeness (QED) is 0.523. The Kier molecular flexibility index (Phi) is 5.38. The van der Waals surface area contributed by atoms with Crippen molar-refractivity contribution in [2.45, 2.75) is 27.3 Å². The van der Waals surface area contributed by atoms with Crippen LogP contribution in [0.4, 0.5) is 14.0 Å². The molecule has 7 heteroatoms. The second-order valence-corrected chi connectivity index (χ2v) is 5.66. The van der Waals surface area contributed by atoms with Crippen LogP contribution in [-0.2, 0) is 6.54 Å². The minimum Gasteiger partial charge on any atom is -0.464 e. The molecule has 2 amide bonds. The van der Waals surface area contributed by atoms with Gasteiger partial charge in [0.15, 0.2) is 0 Å². The van der Waals surface area contributed by atoms with Crippen LogP contribution in [0.5, 0.6) is 0 Å². The van der Waals surface area contributed by atoms with E-state index in [1.54, 1.807) is 0 Å². The highest BCUT2D eigenvalue weighted by Crippen LogP contribution is 2.22. The molecule has 5 nitrogen and oxygen atoms in total. The van der Waals surface area contributed by atoms with Gasteiger partial charge in [0.25, 0.3) is 0 Å². The Morgan fingerprint density at radius 3 is 2.15 bits per heavy atom. The van der Waals surface area contributed by atoms with Crippen molar-refractivity contribution in [1.29, 1.82) is 0 Å². The van der Waals surface area contributed by atoms with Gasteiger partial charge in [0.2, 0.25) is 0 Å². The lowest BCUT2D eigenvalue weighted by Gasteiger charge is -2.22. The van der Waals surface area contributed by atoms with Gasteiger partial charge in [0.05, 0.1) is 18.7 Å². The van der Waals surface area contributed by atoms with Crippen molar-refractivity contribution in [3.63, 3.8) is 0 Å². The molecule has 0 spiro atoms. The fourth-order valence-corrected chi connectivity index (χ4v) is 2.32. The van der Waals surface area contributed by atoms with E-state index in [1.165, 1.54) is 7.05 Å². The summed E-state index contributed by atoms with van der Waals surface area (Å²) in [5.74, 6) is 0. The number of hydrogen-bond acceptors (Lipinski definition) is 3. The molecule has 1 N–H and O–H groups in total. The van der Waals surface area contributed by atoms with Crippen LogP contribution in [0.3, 0.4) is 0 Å². The number of carbonyl (C=O) groups excluding carboxylic acids is 1. The first-order chi connectivity index (χ1) is 9.22. The predicted molar refractivity (Wildman–Crippen MR) is 76.1 cm³/mol. The van der Waals surface area contributed by atoms with Gasteiger partial charge in [0.1, 0.15) is 0 Å². The Labute approximate surface area is 121 Å². The molecule has 1 aromatic carbocycles. The number of benzene rings is 1. The normalized spacial score (nSPS) is 10.2. The molecule has 0 saturated heterocycles. The van der Waals surface area contributed by atoms with E-state index in [0.717, 1.165) is 30.9 Å². The van der Waals surface area contributed by atoms with Crippen LogP contribution in [0, 0.1) is 20.8 Å². The van der Waals surface area contributed by atoms with Crippen LogP contribution in [0.2, 0.25) is 0 Å². The lowest BCUT2D eigenvalue weighted by molar-refractivity contribution is 0.178. The van der Waals surface area contributed by atoms with Crippen molar-refractivity contribution >= 4 is 24.4 Å². The van der Waals surface area contributed by atoms with E-state index < -0.39 is 12.3 Å². The molecule has 0 aliphatic carbocycles. The summed E-state index contributed by atoms with van der Waals surface area (Å²) in [5, 5.41) is 8.75. The van der Waals surface area contributed by atoms with Gasteiger partial charge in [-0.3, -0.25) is 0 Å². The average molecular weight is 300 g/mol. The van der Waals surface area contributed by atoms with Crippen molar-refractivity contribution < 1.29 is 19.1 Å². The van der Waals surface area contributed by atoms with Crippen LogP contribution in [0.25, 0.3) is 0 Å². The monoisotopic (exact) mass is 300 g/mol. The number of carbonyl (C=O) groups is 2. The maximum atomic E-state index is 13.0. The first kappa shape index (κ1) is 16.3. The molecule has 0 fully saturated rings. The number of hydrogen-bond donors (Lipinski definition) is 1. The van der Waals surface area contributed by atoms with Crippen molar-refractivity contribution in [3.8, 4) is 0 Å². The van der Waals surface area contributed by atoms with E-state index in [-0.39, 0.29) is 6.54 Å². The second kappa shape index (κ2) is 6.60. The Bertz CT molecular complexity index is 513. The third-order valence-corrected chi connectivity index (χ3v) is 3.87. The second-order valence-electron chi connectivity index (χ2n) is 4.51. The summed E-state index contributed by atoms with van der Waals surface area (Å²) >= 11 is 0.514. The zero-order valence-electron chi connectivity index (χ0n) is 11.8. The van der Waals surface area contributed by atoms with Crippen LogP contribution in [0.15, 0.2) is 12.1 Å². The zero-order chi connectivity index (χ0) is 15.4. The van der Waals surface area contributed by atoms with Crippen LogP contribution < -0.4 is 0 Å². The summed E-state index contributed by atoms with van der Waals surface area (Å²) in [6, 6.07) is 3.72. The van der Waals surface area contributed by atoms with E-state index in [0.29, 0.717) is 12.1 Å². The summed E-state index contributed by atoms with van der Waals surface area (Å²) in [6.45, 7) is 5.85. The van der Waals surface area contributed by atoms with Gasteiger partial charge in [-0.05, 0) is 43.0 Å². The van der Waals surface area contributed by atoms with Crippen molar-refractivity contribution in [2.24, 2.45) is 0 Å². The minimum absolute atomic E-state index is 0.000417. The first-order valence-corrected chi connectivity index (χ1v) is 6.64. The van der Waals surface area contributed by atoms with Gasteiger partial charge in [-0.2, -0.15) is 0 Å². The summed E-state index contributed by atoms with van der Waals surface area (Å²) in [6.07, 6.45) is -2.93. The number of aryl methyl sites for hydroxylation is 2. The number of nitrogens with zero attached hydrogens (tertiary/aromatic N) is 2. The zero-order valence-corrected chi connectivity index (χ0v) is 12.6. The fourth-order valence-electron chi connectivity index (χ4n) is 1.69. The SMILES string of the molecule is Cc1cc(CN(SN(C)C(=O)O)C(=O)F)cc(C)c1C. The summed E-state index contributed by atoms with van der Waals surface area (Å²) in [5.41, 5.74) is 3.98. The molecule has 0 saturated carbocycles. The molecule has 0 atom stereocenters. The first-order valence-electron chi connectivity index (χ1n) is 5.90. The molecule has 0 unspecified atom stereocenters. The Morgan fingerprint density at radius 1 is 1.25 bits per heavy atom. The third kappa shape index (κ3) is 4.12. The Morgan fingerprint density at radius 2 is 1.75 bits per heavy atom. The smallest absolute Gasteiger partial charge is 0.418 e. The predicted octanol–water partition coefficient (Wildman–Crippen LogP) is 3.68. The van der Waals surface area contributed by atoms with Crippen molar-refractivity contribution in [2.75, 3.05) is 7.05 Å². The summed E-state index contributed by atoms with van der Waals surface area (Å²) in [7, 11) is 1.24. The van der Waals surface area contributed by atoms with E-state index in [1.807, 2.05) is 32.9 Å².